The summed E-state index contributed by atoms with van der Waals surface area (Å²) in [7, 11) is -1.54. The fraction of sp³-hybridized carbons (Fsp3) is 0.250. The number of halogens is 1. The normalized spacial score (nSPS) is 12.6. The molecule has 0 saturated heterocycles. The molecule has 1 aromatic carbocycles. The molecule has 0 radical (unpaired) electrons. The van der Waals surface area contributed by atoms with Gasteiger partial charge < -0.3 is 15.8 Å². The predicted molar refractivity (Wildman–Crippen MR) is 48.3 cm³/mol. The highest BCUT2D eigenvalue weighted by atomic mass is 19.1. The molecule has 3 nitrogen and oxygen atoms in total. The first-order valence-corrected chi connectivity index (χ1v) is 3.96. The van der Waals surface area contributed by atoms with E-state index in [0.717, 1.165) is 5.56 Å². The van der Waals surface area contributed by atoms with Gasteiger partial charge in [-0.2, -0.15) is 0 Å². The summed E-state index contributed by atoms with van der Waals surface area (Å²) in [6, 6.07) is 5.76. The molecule has 0 fully saturated rings. The Balaban J connectivity index is 2.59. The highest BCUT2D eigenvalue weighted by Crippen LogP contribution is 2.05. The second kappa shape index (κ2) is 4.36. The lowest BCUT2D eigenvalue weighted by Gasteiger charge is -2.09. The zero-order valence-electron chi connectivity index (χ0n) is 7.02. The predicted octanol–water partition coefficient (Wildman–Crippen LogP) is -0.293. The summed E-state index contributed by atoms with van der Waals surface area (Å²) in [5.41, 5.74) is 6.17. The molecule has 0 aliphatic heterocycles. The van der Waals surface area contributed by atoms with Crippen molar-refractivity contribution in [3.63, 3.8) is 0 Å². The van der Waals surface area contributed by atoms with Crippen LogP contribution in [0.1, 0.15) is 5.56 Å². The largest absolute Gasteiger partial charge is 0.469 e. The third-order valence-corrected chi connectivity index (χ3v) is 1.77. The molecule has 0 bridgehead atoms. The van der Waals surface area contributed by atoms with Gasteiger partial charge in [-0.3, -0.25) is 0 Å². The topological polar surface area (TPSA) is 66.5 Å². The van der Waals surface area contributed by atoms with Crippen molar-refractivity contribution in [3.8, 4) is 0 Å². The van der Waals surface area contributed by atoms with Crippen molar-refractivity contribution in [2.45, 2.75) is 12.4 Å². The second-order valence-corrected chi connectivity index (χ2v) is 2.91. The van der Waals surface area contributed by atoms with Gasteiger partial charge in [-0.05, 0) is 24.1 Å². The summed E-state index contributed by atoms with van der Waals surface area (Å²) in [5.74, 6) is -1.05. The minimum atomic E-state index is -1.54. The number of nitrogens with two attached hydrogens (primary N) is 1. The molecule has 0 saturated carbocycles. The van der Waals surface area contributed by atoms with E-state index < -0.39 is 13.1 Å². The van der Waals surface area contributed by atoms with Crippen LogP contribution < -0.4 is 5.73 Å². The number of hydrogen-bond acceptors (Lipinski definition) is 3. The molecule has 1 aromatic rings. The van der Waals surface area contributed by atoms with Crippen LogP contribution in [0.25, 0.3) is 0 Å². The van der Waals surface area contributed by atoms with Crippen LogP contribution in [0.15, 0.2) is 24.3 Å². The monoisotopic (exact) mass is 183 g/mol. The van der Waals surface area contributed by atoms with Gasteiger partial charge in [-0.15, -0.1) is 0 Å². The van der Waals surface area contributed by atoms with Gasteiger partial charge in [-0.1, -0.05) is 12.1 Å². The highest BCUT2D eigenvalue weighted by molar-refractivity contribution is 6.43. The third kappa shape index (κ3) is 3.14. The van der Waals surface area contributed by atoms with E-state index in [1.807, 2.05) is 0 Å². The maximum absolute atomic E-state index is 12.5. The van der Waals surface area contributed by atoms with Crippen molar-refractivity contribution >= 4 is 7.12 Å². The van der Waals surface area contributed by atoms with Crippen LogP contribution in [0.2, 0.25) is 0 Å². The standard InChI is InChI=1S/C8H11BFNO2/c10-7-3-1-6(2-4-7)5-8(11)9(12)13/h1-4,8,12-13H,5,11H2. The van der Waals surface area contributed by atoms with E-state index in [2.05, 4.69) is 0 Å². The Bertz CT molecular complexity index is 265. The molecular weight excluding hydrogens is 172 g/mol. The molecule has 0 aromatic heterocycles. The molecule has 0 spiro atoms. The Morgan fingerprint density at radius 2 is 1.85 bits per heavy atom. The van der Waals surface area contributed by atoms with Crippen LogP contribution in [0.5, 0.6) is 0 Å². The first-order chi connectivity index (χ1) is 6.09. The van der Waals surface area contributed by atoms with Crippen molar-refractivity contribution in [2.24, 2.45) is 5.73 Å². The molecule has 1 rings (SSSR count). The Morgan fingerprint density at radius 3 is 2.31 bits per heavy atom. The summed E-state index contributed by atoms with van der Waals surface area (Å²) >= 11 is 0. The van der Waals surface area contributed by atoms with Crippen LogP contribution in [-0.2, 0) is 6.42 Å². The lowest BCUT2D eigenvalue weighted by molar-refractivity contribution is 0.386. The smallest absolute Gasteiger partial charge is 0.426 e. The molecule has 4 N–H and O–H groups in total. The van der Waals surface area contributed by atoms with Gasteiger partial charge >= 0.3 is 7.12 Å². The van der Waals surface area contributed by atoms with Crippen molar-refractivity contribution < 1.29 is 14.4 Å². The van der Waals surface area contributed by atoms with Gasteiger partial charge in [0.2, 0.25) is 0 Å². The maximum atomic E-state index is 12.5. The van der Waals surface area contributed by atoms with Gasteiger partial charge in [-0.25, -0.2) is 4.39 Å². The van der Waals surface area contributed by atoms with E-state index in [0.29, 0.717) is 6.42 Å². The Hall–Kier alpha value is -0.905. The summed E-state index contributed by atoms with van der Waals surface area (Å²) < 4.78 is 12.5. The number of hydrogen-bond donors (Lipinski definition) is 3. The van der Waals surface area contributed by atoms with Crippen LogP contribution in [-0.4, -0.2) is 23.1 Å². The summed E-state index contributed by atoms with van der Waals surface area (Å²) in [6.07, 6.45) is 0.317. The number of benzene rings is 1. The SMILES string of the molecule is NC(Cc1ccc(F)cc1)B(O)O. The lowest BCUT2D eigenvalue weighted by atomic mass is 9.77. The zero-order chi connectivity index (χ0) is 9.84. The first kappa shape index (κ1) is 10.2. The number of rotatable bonds is 3. The lowest BCUT2D eigenvalue weighted by Crippen LogP contribution is -2.40. The molecular formula is C8H11BFNO2. The van der Waals surface area contributed by atoms with Gasteiger partial charge in [0.25, 0.3) is 0 Å². The fourth-order valence-corrected chi connectivity index (χ4v) is 0.998. The summed E-state index contributed by atoms with van der Waals surface area (Å²) in [6.45, 7) is 0. The van der Waals surface area contributed by atoms with Gasteiger partial charge in [0, 0.05) is 5.94 Å². The van der Waals surface area contributed by atoms with Crippen LogP contribution >= 0.6 is 0 Å². The van der Waals surface area contributed by atoms with Crippen molar-refractivity contribution in [2.75, 3.05) is 0 Å². The minimum absolute atomic E-state index is 0.317. The first-order valence-electron chi connectivity index (χ1n) is 3.96. The van der Waals surface area contributed by atoms with E-state index in [4.69, 9.17) is 15.8 Å². The molecule has 0 aliphatic carbocycles. The zero-order valence-corrected chi connectivity index (χ0v) is 7.02. The van der Waals surface area contributed by atoms with Crippen LogP contribution in [0.3, 0.4) is 0 Å². The Labute approximate surface area is 76.1 Å². The van der Waals surface area contributed by atoms with E-state index in [-0.39, 0.29) is 5.82 Å². The molecule has 0 aliphatic rings. The van der Waals surface area contributed by atoms with E-state index in [1.165, 1.54) is 12.1 Å². The molecule has 1 atom stereocenters. The third-order valence-electron chi connectivity index (χ3n) is 1.77. The second-order valence-electron chi connectivity index (χ2n) is 2.91. The average Bonchev–Trinajstić information content (AvgIpc) is 2.08. The van der Waals surface area contributed by atoms with Crippen molar-refractivity contribution in [1.29, 1.82) is 0 Å². The fourth-order valence-electron chi connectivity index (χ4n) is 0.998. The van der Waals surface area contributed by atoms with Gasteiger partial charge in [0.1, 0.15) is 5.82 Å². The van der Waals surface area contributed by atoms with Crippen molar-refractivity contribution in [1.82, 2.24) is 0 Å². The quantitative estimate of drug-likeness (QED) is 0.564. The van der Waals surface area contributed by atoms with Crippen LogP contribution in [0, 0.1) is 5.82 Å². The molecule has 0 heterocycles. The average molecular weight is 183 g/mol. The molecule has 5 heteroatoms. The van der Waals surface area contributed by atoms with E-state index >= 15 is 0 Å². The molecule has 13 heavy (non-hydrogen) atoms. The molecule has 1 unspecified atom stereocenters. The summed E-state index contributed by atoms with van der Waals surface area (Å²) in [5, 5.41) is 17.4. The summed E-state index contributed by atoms with van der Waals surface area (Å²) in [4.78, 5) is 0. The Morgan fingerprint density at radius 1 is 1.31 bits per heavy atom. The highest BCUT2D eigenvalue weighted by Gasteiger charge is 2.18. The Kier molecular flexibility index (Phi) is 3.42. The van der Waals surface area contributed by atoms with Gasteiger partial charge in [0.15, 0.2) is 0 Å². The minimum Gasteiger partial charge on any atom is -0.426 e. The molecule has 70 valence electrons. The van der Waals surface area contributed by atoms with E-state index in [1.54, 1.807) is 12.1 Å². The molecule has 0 amide bonds. The van der Waals surface area contributed by atoms with Crippen LogP contribution in [0.4, 0.5) is 4.39 Å². The van der Waals surface area contributed by atoms with E-state index in [9.17, 15) is 4.39 Å². The van der Waals surface area contributed by atoms with Gasteiger partial charge in [0.05, 0.1) is 0 Å². The van der Waals surface area contributed by atoms with Crippen molar-refractivity contribution in [3.05, 3.63) is 35.6 Å². The maximum Gasteiger partial charge on any atom is 0.469 e.